The monoisotopic (exact) mass is 316 g/mol. The number of likely N-dealkylation sites (N-methyl/N-ethyl adjacent to an activating group) is 1. The van der Waals surface area contributed by atoms with E-state index in [0.717, 1.165) is 5.56 Å². The number of hydrogen-bond donors (Lipinski definition) is 0. The standard InChI is InChI=1S/C18H24N2O3/c1-5-22-17-18(3,23-6-2)15(13-21)16(20(4)19-17)12-14-10-8-7-9-11-14/h7-11,16H,5-6,12H2,1-4H3. The summed E-state index contributed by atoms with van der Waals surface area (Å²) in [6, 6.07) is 9.81. The molecule has 0 fully saturated rings. The van der Waals surface area contributed by atoms with Crippen LogP contribution in [0.1, 0.15) is 26.3 Å². The van der Waals surface area contributed by atoms with E-state index < -0.39 is 5.60 Å². The van der Waals surface area contributed by atoms with Gasteiger partial charge in [0, 0.05) is 13.7 Å². The van der Waals surface area contributed by atoms with Gasteiger partial charge in [0.05, 0.1) is 18.2 Å². The van der Waals surface area contributed by atoms with Gasteiger partial charge in [0.1, 0.15) is 5.94 Å². The maximum absolute atomic E-state index is 11.8. The van der Waals surface area contributed by atoms with Crippen LogP contribution in [-0.4, -0.2) is 48.8 Å². The molecule has 5 heteroatoms. The first-order chi connectivity index (χ1) is 11.1. The second-order valence-electron chi connectivity index (χ2n) is 5.60. The normalized spacial score (nSPS) is 24.2. The first-order valence-corrected chi connectivity index (χ1v) is 7.94. The Morgan fingerprint density at radius 1 is 1.26 bits per heavy atom. The number of hydrazone groups is 1. The van der Waals surface area contributed by atoms with Gasteiger partial charge in [-0.15, -0.1) is 5.10 Å². The number of carbonyl (C=O) groups excluding carboxylic acids is 1. The number of benzene rings is 1. The van der Waals surface area contributed by atoms with Crippen LogP contribution < -0.4 is 0 Å². The van der Waals surface area contributed by atoms with Gasteiger partial charge >= 0.3 is 0 Å². The lowest BCUT2D eigenvalue weighted by molar-refractivity contribution is 0.0141. The lowest BCUT2D eigenvalue weighted by Gasteiger charge is -2.41. The fourth-order valence-electron chi connectivity index (χ4n) is 2.90. The number of ether oxygens (including phenoxy) is 2. The third kappa shape index (κ3) is 3.46. The second-order valence-corrected chi connectivity index (χ2v) is 5.60. The molecule has 0 bridgehead atoms. The van der Waals surface area contributed by atoms with Crippen LogP contribution in [-0.2, 0) is 20.7 Å². The lowest BCUT2D eigenvalue weighted by Crippen LogP contribution is -2.54. The molecule has 124 valence electrons. The molecule has 2 unspecified atom stereocenters. The SMILES string of the molecule is CCOC1=NN(C)C(Cc2ccccc2)C(=C=O)C1(C)OCC. The van der Waals surface area contributed by atoms with Crippen molar-refractivity contribution in [3.63, 3.8) is 0 Å². The summed E-state index contributed by atoms with van der Waals surface area (Å²) in [5.41, 5.74) is 0.675. The molecule has 23 heavy (non-hydrogen) atoms. The van der Waals surface area contributed by atoms with Gasteiger partial charge in [0.2, 0.25) is 5.90 Å². The van der Waals surface area contributed by atoms with Crippen molar-refractivity contribution >= 4 is 11.8 Å². The van der Waals surface area contributed by atoms with E-state index in [0.29, 0.717) is 31.1 Å². The van der Waals surface area contributed by atoms with Crippen LogP contribution in [0.5, 0.6) is 0 Å². The van der Waals surface area contributed by atoms with Gasteiger partial charge in [-0.2, -0.15) is 0 Å². The van der Waals surface area contributed by atoms with E-state index in [9.17, 15) is 4.79 Å². The predicted octanol–water partition coefficient (Wildman–Crippen LogP) is 2.45. The molecule has 0 aromatic heterocycles. The Labute approximate surface area is 137 Å². The molecule has 0 N–H and O–H groups in total. The summed E-state index contributed by atoms with van der Waals surface area (Å²) in [4.78, 5) is 11.8. The highest BCUT2D eigenvalue weighted by molar-refractivity contribution is 5.92. The molecule has 0 spiro atoms. The summed E-state index contributed by atoms with van der Waals surface area (Å²) >= 11 is 0. The average molecular weight is 316 g/mol. The fourth-order valence-corrected chi connectivity index (χ4v) is 2.90. The Kier molecular flexibility index (Phi) is 5.59. The van der Waals surface area contributed by atoms with Crippen molar-refractivity contribution < 1.29 is 14.3 Å². The minimum Gasteiger partial charge on any atom is -0.478 e. The third-order valence-electron chi connectivity index (χ3n) is 4.05. The number of hydrogen-bond acceptors (Lipinski definition) is 5. The van der Waals surface area contributed by atoms with Crippen molar-refractivity contribution in [2.24, 2.45) is 5.10 Å². The van der Waals surface area contributed by atoms with E-state index in [1.165, 1.54) is 0 Å². The minimum atomic E-state index is -0.974. The lowest BCUT2D eigenvalue weighted by atomic mass is 9.85. The molecule has 0 saturated heterocycles. The highest BCUT2D eigenvalue weighted by Gasteiger charge is 2.47. The van der Waals surface area contributed by atoms with Crippen LogP contribution in [0.3, 0.4) is 0 Å². The summed E-state index contributed by atoms with van der Waals surface area (Å²) in [6.07, 6.45) is 0.660. The molecule has 0 saturated carbocycles. The molecule has 1 aromatic carbocycles. The van der Waals surface area contributed by atoms with E-state index in [-0.39, 0.29) is 6.04 Å². The Morgan fingerprint density at radius 2 is 1.96 bits per heavy atom. The quantitative estimate of drug-likeness (QED) is 0.783. The topological polar surface area (TPSA) is 51.1 Å². The molecule has 0 amide bonds. The van der Waals surface area contributed by atoms with Gasteiger partial charge in [-0.1, -0.05) is 30.3 Å². The zero-order chi connectivity index (χ0) is 16.9. The van der Waals surface area contributed by atoms with Crippen molar-refractivity contribution in [3.05, 3.63) is 41.5 Å². The predicted molar refractivity (Wildman–Crippen MR) is 90.0 cm³/mol. The van der Waals surface area contributed by atoms with E-state index >= 15 is 0 Å². The summed E-state index contributed by atoms with van der Waals surface area (Å²) in [5, 5.41) is 6.29. The van der Waals surface area contributed by atoms with Crippen LogP contribution in [0.4, 0.5) is 0 Å². The molecule has 1 heterocycles. The molecule has 2 rings (SSSR count). The van der Waals surface area contributed by atoms with E-state index in [4.69, 9.17) is 9.47 Å². The van der Waals surface area contributed by atoms with Crippen LogP contribution in [0.15, 0.2) is 41.0 Å². The smallest absolute Gasteiger partial charge is 0.243 e. The first kappa shape index (κ1) is 17.3. The maximum atomic E-state index is 11.8. The van der Waals surface area contributed by atoms with Crippen LogP contribution in [0, 0.1) is 0 Å². The van der Waals surface area contributed by atoms with Crippen molar-refractivity contribution in [2.45, 2.75) is 38.8 Å². The Hall–Kier alpha value is -2.10. The van der Waals surface area contributed by atoms with E-state index in [2.05, 4.69) is 11.0 Å². The third-order valence-corrected chi connectivity index (χ3v) is 4.05. The van der Waals surface area contributed by atoms with Crippen LogP contribution >= 0.6 is 0 Å². The minimum absolute atomic E-state index is 0.212. The molecule has 2 atom stereocenters. The first-order valence-electron chi connectivity index (χ1n) is 7.94. The molecule has 1 aliphatic rings. The summed E-state index contributed by atoms with van der Waals surface area (Å²) in [6.45, 7) is 6.52. The highest BCUT2D eigenvalue weighted by atomic mass is 16.5. The summed E-state index contributed by atoms with van der Waals surface area (Å²) < 4.78 is 11.5. The van der Waals surface area contributed by atoms with Gasteiger partial charge in [-0.3, -0.25) is 5.01 Å². The summed E-state index contributed by atoms with van der Waals surface area (Å²) in [5.74, 6) is 2.52. The van der Waals surface area contributed by atoms with Gasteiger partial charge in [0.15, 0.2) is 5.60 Å². The Morgan fingerprint density at radius 3 is 2.52 bits per heavy atom. The molecule has 1 aromatic rings. The largest absolute Gasteiger partial charge is 0.478 e. The van der Waals surface area contributed by atoms with Gasteiger partial charge in [0.25, 0.3) is 0 Å². The fraction of sp³-hybridized carbons (Fsp3) is 0.500. The average Bonchev–Trinajstić information content (AvgIpc) is 2.54. The van der Waals surface area contributed by atoms with Gasteiger partial charge < -0.3 is 9.47 Å². The molecular formula is C18H24N2O3. The zero-order valence-electron chi connectivity index (χ0n) is 14.2. The van der Waals surface area contributed by atoms with Crippen LogP contribution in [0.25, 0.3) is 0 Å². The van der Waals surface area contributed by atoms with E-state index in [1.54, 1.807) is 5.01 Å². The van der Waals surface area contributed by atoms with Crippen molar-refractivity contribution in [3.8, 4) is 0 Å². The second kappa shape index (κ2) is 7.44. The number of rotatable bonds is 5. The maximum Gasteiger partial charge on any atom is 0.243 e. The Bertz CT molecular complexity index is 608. The molecule has 0 aliphatic carbocycles. The summed E-state index contributed by atoms with van der Waals surface area (Å²) in [7, 11) is 1.84. The molecule has 5 nitrogen and oxygen atoms in total. The van der Waals surface area contributed by atoms with Crippen molar-refractivity contribution in [1.29, 1.82) is 0 Å². The molecular weight excluding hydrogens is 292 g/mol. The van der Waals surface area contributed by atoms with Gasteiger partial charge in [-0.05, 0) is 32.8 Å². The molecule has 1 aliphatic heterocycles. The van der Waals surface area contributed by atoms with Crippen molar-refractivity contribution in [2.75, 3.05) is 20.3 Å². The number of nitrogens with zero attached hydrogens (tertiary/aromatic N) is 2. The Balaban J connectivity index is 2.42. The van der Waals surface area contributed by atoms with E-state index in [1.807, 2.05) is 58.2 Å². The van der Waals surface area contributed by atoms with Crippen LogP contribution in [0.2, 0.25) is 0 Å². The van der Waals surface area contributed by atoms with Gasteiger partial charge in [-0.25, -0.2) is 4.79 Å². The molecule has 0 radical (unpaired) electrons. The zero-order valence-corrected chi connectivity index (χ0v) is 14.2. The highest BCUT2D eigenvalue weighted by Crippen LogP contribution is 2.33. The van der Waals surface area contributed by atoms with Crippen molar-refractivity contribution in [1.82, 2.24) is 5.01 Å².